The van der Waals surface area contributed by atoms with Gasteiger partial charge in [-0.05, 0) is 40.8 Å². The quantitative estimate of drug-likeness (QED) is 0.855. The van der Waals surface area contributed by atoms with E-state index < -0.39 is 0 Å². The summed E-state index contributed by atoms with van der Waals surface area (Å²) in [5, 5.41) is 3.31. The van der Waals surface area contributed by atoms with Crippen LogP contribution in [0.3, 0.4) is 0 Å². The molecule has 0 aliphatic rings. The van der Waals surface area contributed by atoms with Gasteiger partial charge in [0, 0.05) is 15.5 Å². The Labute approximate surface area is 96.1 Å². The fourth-order valence-electron chi connectivity index (χ4n) is 1.18. The van der Waals surface area contributed by atoms with E-state index in [1.807, 2.05) is 12.3 Å². The summed E-state index contributed by atoms with van der Waals surface area (Å²) in [5.74, 6) is 0. The van der Waals surface area contributed by atoms with Crippen molar-refractivity contribution >= 4 is 28.3 Å². The number of aromatic amines is 1. The van der Waals surface area contributed by atoms with Crippen molar-refractivity contribution < 1.29 is 0 Å². The maximum absolute atomic E-state index is 3.95. The summed E-state index contributed by atoms with van der Waals surface area (Å²) < 4.78 is 1.23. The smallest absolute Gasteiger partial charge is 0.0922 e. The molecule has 1 aromatic carbocycles. The fourth-order valence-corrected chi connectivity index (χ4v) is 1.72. The Morgan fingerprint density at radius 2 is 2.36 bits per heavy atom. The maximum atomic E-state index is 3.95. The summed E-state index contributed by atoms with van der Waals surface area (Å²) in [7, 11) is 0. The van der Waals surface area contributed by atoms with E-state index in [-0.39, 0.29) is 0 Å². The number of anilines is 1. The molecular weight excluding hydrogens is 289 g/mol. The Bertz CT molecular complexity index is 398. The highest BCUT2D eigenvalue weighted by Gasteiger charge is 1.94. The Balaban J connectivity index is 1.98. The molecule has 4 heteroatoms. The molecule has 0 aliphatic carbocycles. The van der Waals surface area contributed by atoms with Gasteiger partial charge in [0.25, 0.3) is 0 Å². The van der Waals surface area contributed by atoms with Gasteiger partial charge in [-0.25, -0.2) is 4.98 Å². The first kappa shape index (κ1) is 9.51. The Hall–Kier alpha value is -1.04. The van der Waals surface area contributed by atoms with Gasteiger partial charge in [-0.1, -0.05) is 6.07 Å². The van der Waals surface area contributed by atoms with Crippen LogP contribution in [-0.2, 0) is 6.54 Å². The van der Waals surface area contributed by atoms with Crippen LogP contribution in [0, 0.1) is 3.57 Å². The zero-order valence-electron chi connectivity index (χ0n) is 7.50. The molecule has 0 radical (unpaired) electrons. The van der Waals surface area contributed by atoms with E-state index >= 15 is 0 Å². The minimum Gasteiger partial charge on any atom is -0.379 e. The summed E-state index contributed by atoms with van der Waals surface area (Å²) in [6.45, 7) is 0.778. The number of H-pyrrole nitrogens is 1. The van der Waals surface area contributed by atoms with Gasteiger partial charge >= 0.3 is 0 Å². The van der Waals surface area contributed by atoms with E-state index in [9.17, 15) is 0 Å². The summed E-state index contributed by atoms with van der Waals surface area (Å²) in [4.78, 5) is 7.00. The largest absolute Gasteiger partial charge is 0.379 e. The van der Waals surface area contributed by atoms with Crippen LogP contribution in [0.2, 0.25) is 0 Å². The molecule has 14 heavy (non-hydrogen) atoms. The number of aromatic nitrogens is 2. The van der Waals surface area contributed by atoms with E-state index in [1.54, 1.807) is 6.33 Å². The van der Waals surface area contributed by atoms with Crippen molar-refractivity contribution in [3.8, 4) is 0 Å². The monoisotopic (exact) mass is 299 g/mol. The van der Waals surface area contributed by atoms with Gasteiger partial charge in [0.15, 0.2) is 0 Å². The van der Waals surface area contributed by atoms with Crippen molar-refractivity contribution in [1.29, 1.82) is 0 Å². The lowest BCUT2D eigenvalue weighted by atomic mass is 10.3. The molecule has 72 valence electrons. The number of nitrogens with zero attached hydrogens (tertiary/aromatic N) is 1. The molecule has 0 saturated heterocycles. The number of rotatable bonds is 3. The van der Waals surface area contributed by atoms with Crippen molar-refractivity contribution in [1.82, 2.24) is 9.97 Å². The molecule has 0 atom stereocenters. The van der Waals surface area contributed by atoms with Crippen molar-refractivity contribution in [2.24, 2.45) is 0 Å². The number of hydrogen-bond donors (Lipinski definition) is 2. The summed E-state index contributed by atoms with van der Waals surface area (Å²) in [6.07, 6.45) is 3.51. The number of nitrogens with one attached hydrogen (secondary N) is 2. The first-order chi connectivity index (χ1) is 6.84. The molecule has 0 aliphatic heterocycles. The second-order valence-electron chi connectivity index (χ2n) is 2.94. The van der Waals surface area contributed by atoms with Crippen molar-refractivity contribution in [3.63, 3.8) is 0 Å². The third kappa shape index (κ3) is 2.47. The molecule has 0 spiro atoms. The molecule has 2 rings (SSSR count). The molecule has 0 unspecified atom stereocenters. The van der Waals surface area contributed by atoms with Crippen LogP contribution in [0.15, 0.2) is 36.8 Å². The summed E-state index contributed by atoms with van der Waals surface area (Å²) in [5.41, 5.74) is 2.22. The molecule has 2 N–H and O–H groups in total. The van der Waals surface area contributed by atoms with Crippen LogP contribution in [0.1, 0.15) is 5.69 Å². The van der Waals surface area contributed by atoms with Crippen molar-refractivity contribution in [2.45, 2.75) is 6.54 Å². The molecule has 0 bridgehead atoms. The minimum atomic E-state index is 0.778. The third-order valence-electron chi connectivity index (χ3n) is 1.86. The Morgan fingerprint density at radius 3 is 3.07 bits per heavy atom. The van der Waals surface area contributed by atoms with Crippen LogP contribution in [0.4, 0.5) is 5.69 Å². The SMILES string of the molecule is Ic1cccc(NCc2cnc[nH]2)c1. The molecule has 1 aromatic heterocycles. The Kier molecular flexibility index (Phi) is 3.03. The molecule has 2 aromatic rings. The highest BCUT2D eigenvalue weighted by molar-refractivity contribution is 14.1. The van der Waals surface area contributed by atoms with Crippen LogP contribution >= 0.6 is 22.6 Å². The van der Waals surface area contributed by atoms with Crippen LogP contribution < -0.4 is 5.32 Å². The predicted molar refractivity (Wildman–Crippen MR) is 65.1 cm³/mol. The molecule has 0 fully saturated rings. The van der Waals surface area contributed by atoms with E-state index in [2.05, 4.69) is 56.1 Å². The topological polar surface area (TPSA) is 40.7 Å². The lowest BCUT2D eigenvalue weighted by Crippen LogP contribution is -1.99. The first-order valence-electron chi connectivity index (χ1n) is 4.31. The van der Waals surface area contributed by atoms with Gasteiger partial charge < -0.3 is 10.3 Å². The summed E-state index contributed by atoms with van der Waals surface area (Å²) >= 11 is 2.30. The van der Waals surface area contributed by atoms with Gasteiger partial charge in [-0.15, -0.1) is 0 Å². The lowest BCUT2D eigenvalue weighted by molar-refractivity contribution is 1.07. The second-order valence-corrected chi connectivity index (χ2v) is 4.19. The molecular formula is C10H10IN3. The highest BCUT2D eigenvalue weighted by Crippen LogP contribution is 2.12. The van der Waals surface area contributed by atoms with Gasteiger partial charge in [0.05, 0.1) is 18.6 Å². The normalized spacial score (nSPS) is 10.1. The molecule has 1 heterocycles. The number of halogens is 1. The van der Waals surface area contributed by atoms with Gasteiger partial charge in [0.2, 0.25) is 0 Å². The molecule has 3 nitrogen and oxygen atoms in total. The van der Waals surface area contributed by atoms with E-state index in [4.69, 9.17) is 0 Å². The lowest BCUT2D eigenvalue weighted by Gasteiger charge is -2.04. The van der Waals surface area contributed by atoms with Gasteiger partial charge in [-0.3, -0.25) is 0 Å². The van der Waals surface area contributed by atoms with E-state index in [0.717, 1.165) is 17.9 Å². The van der Waals surface area contributed by atoms with Crippen molar-refractivity contribution in [2.75, 3.05) is 5.32 Å². The second kappa shape index (κ2) is 4.45. The number of benzene rings is 1. The molecule has 0 amide bonds. The summed E-state index contributed by atoms with van der Waals surface area (Å²) in [6, 6.07) is 8.27. The van der Waals surface area contributed by atoms with E-state index in [0.29, 0.717) is 0 Å². The first-order valence-corrected chi connectivity index (χ1v) is 5.39. The average molecular weight is 299 g/mol. The minimum absolute atomic E-state index is 0.778. The van der Waals surface area contributed by atoms with Gasteiger partial charge in [-0.2, -0.15) is 0 Å². The maximum Gasteiger partial charge on any atom is 0.0922 e. The number of imidazole rings is 1. The number of hydrogen-bond acceptors (Lipinski definition) is 2. The highest BCUT2D eigenvalue weighted by atomic mass is 127. The van der Waals surface area contributed by atoms with Gasteiger partial charge in [0.1, 0.15) is 0 Å². The van der Waals surface area contributed by atoms with Crippen LogP contribution in [-0.4, -0.2) is 9.97 Å². The standard InChI is InChI=1S/C10H10IN3/c11-8-2-1-3-9(4-8)13-6-10-5-12-7-14-10/h1-5,7,13H,6H2,(H,12,14). The fraction of sp³-hybridized carbons (Fsp3) is 0.100. The van der Waals surface area contributed by atoms with Crippen LogP contribution in [0.5, 0.6) is 0 Å². The van der Waals surface area contributed by atoms with Crippen LogP contribution in [0.25, 0.3) is 0 Å². The zero-order valence-corrected chi connectivity index (χ0v) is 9.65. The average Bonchev–Trinajstić information content (AvgIpc) is 2.67. The van der Waals surface area contributed by atoms with Crippen molar-refractivity contribution in [3.05, 3.63) is 46.1 Å². The zero-order chi connectivity index (χ0) is 9.80. The van der Waals surface area contributed by atoms with E-state index in [1.165, 1.54) is 3.57 Å². The third-order valence-corrected chi connectivity index (χ3v) is 2.53. The predicted octanol–water partition coefficient (Wildman–Crippen LogP) is 2.63. The molecule has 0 saturated carbocycles. The Morgan fingerprint density at radius 1 is 1.43 bits per heavy atom.